The van der Waals surface area contributed by atoms with E-state index in [9.17, 15) is 39.3 Å². The Morgan fingerprint density at radius 3 is 2.04 bits per heavy atom. The second-order valence-electron chi connectivity index (χ2n) is 5.46. The number of fused-ring (bicyclic) bond motifs is 3. The molecule has 2 aromatic rings. The summed E-state index contributed by atoms with van der Waals surface area (Å²) < 4.78 is 112. The molecule has 1 aliphatic carbocycles. The van der Waals surface area contributed by atoms with Crippen molar-refractivity contribution in [3.8, 4) is 11.1 Å². The van der Waals surface area contributed by atoms with Gasteiger partial charge in [0.15, 0.2) is 0 Å². The van der Waals surface area contributed by atoms with Crippen molar-refractivity contribution in [1.29, 1.82) is 0 Å². The Kier molecular flexibility index (Phi) is 3.70. The molecule has 2 aromatic carbocycles. The fraction of sp³-hybridized carbons (Fsp3) is 0.200. The Hall–Kier alpha value is -2.07. The van der Waals surface area contributed by atoms with Crippen molar-refractivity contribution in [3.05, 3.63) is 52.6 Å². The van der Waals surface area contributed by atoms with E-state index < -0.39 is 44.1 Å². The van der Waals surface area contributed by atoms with Gasteiger partial charge in [0, 0.05) is 6.42 Å². The molecule has 0 amide bonds. The summed E-state index contributed by atoms with van der Waals surface area (Å²) >= 11 is 0. The van der Waals surface area contributed by atoms with Crippen LogP contribution in [0.4, 0.5) is 26.3 Å². The maximum atomic E-state index is 13.3. The van der Waals surface area contributed by atoms with Gasteiger partial charge in [0.1, 0.15) is 4.90 Å². The van der Waals surface area contributed by atoms with E-state index in [4.69, 9.17) is 0 Å². The van der Waals surface area contributed by atoms with Gasteiger partial charge in [0.05, 0.1) is 11.1 Å². The highest BCUT2D eigenvalue weighted by Gasteiger charge is 2.49. The minimum atomic E-state index is -5.63. The number of hydrogen-bond donors (Lipinski definition) is 1. The lowest BCUT2D eigenvalue weighted by Crippen LogP contribution is -2.22. The summed E-state index contributed by atoms with van der Waals surface area (Å²) in [6, 6.07) is 6.11. The topological polar surface area (TPSA) is 54.4 Å². The van der Waals surface area contributed by atoms with Crippen LogP contribution in [0.25, 0.3) is 11.1 Å². The first-order valence-electron chi connectivity index (χ1n) is 6.72. The average molecular weight is 382 g/mol. The summed E-state index contributed by atoms with van der Waals surface area (Å²) in [6.45, 7) is 0. The summed E-state index contributed by atoms with van der Waals surface area (Å²) in [6.07, 6.45) is -11.4. The first-order valence-corrected chi connectivity index (χ1v) is 8.16. The largest absolute Gasteiger partial charge is 0.418 e. The van der Waals surface area contributed by atoms with Gasteiger partial charge in [-0.15, -0.1) is 0 Å². The summed E-state index contributed by atoms with van der Waals surface area (Å²) in [5.74, 6) is 0. The van der Waals surface area contributed by atoms with Crippen molar-refractivity contribution in [3.63, 3.8) is 0 Å². The highest BCUT2D eigenvalue weighted by Crippen LogP contribution is 2.50. The van der Waals surface area contributed by atoms with Crippen molar-refractivity contribution in [2.24, 2.45) is 0 Å². The van der Waals surface area contributed by atoms with Crippen LogP contribution in [0, 0.1) is 0 Å². The Morgan fingerprint density at radius 1 is 0.920 bits per heavy atom. The van der Waals surface area contributed by atoms with Gasteiger partial charge < -0.3 is 0 Å². The van der Waals surface area contributed by atoms with Gasteiger partial charge in [-0.05, 0) is 28.3 Å². The standard InChI is InChI=1S/C15H8F6O3S/c16-14(17,18)11-6-9-8-4-2-1-3-7(8)5-10(9)13(25(22,23)24)12(11)15(19,20)21/h1-4,6H,5H2,(H,22,23,24). The van der Waals surface area contributed by atoms with Crippen LogP contribution in [-0.4, -0.2) is 13.0 Å². The van der Waals surface area contributed by atoms with Crippen LogP contribution in [0.2, 0.25) is 0 Å². The molecule has 134 valence electrons. The van der Waals surface area contributed by atoms with E-state index in [-0.39, 0.29) is 17.5 Å². The molecule has 0 saturated heterocycles. The molecule has 3 rings (SSSR count). The van der Waals surface area contributed by atoms with Crippen LogP contribution in [-0.2, 0) is 28.9 Å². The van der Waals surface area contributed by atoms with Crippen LogP contribution in [0.1, 0.15) is 22.3 Å². The van der Waals surface area contributed by atoms with E-state index in [2.05, 4.69) is 0 Å². The molecule has 25 heavy (non-hydrogen) atoms. The zero-order valence-electron chi connectivity index (χ0n) is 12.0. The van der Waals surface area contributed by atoms with Crippen LogP contribution in [0.15, 0.2) is 35.2 Å². The van der Waals surface area contributed by atoms with Gasteiger partial charge in [0.25, 0.3) is 10.1 Å². The molecule has 10 heteroatoms. The lowest BCUT2D eigenvalue weighted by Gasteiger charge is -2.21. The maximum absolute atomic E-state index is 13.3. The van der Waals surface area contributed by atoms with Crippen molar-refractivity contribution in [2.75, 3.05) is 0 Å². The molecule has 1 aliphatic rings. The summed E-state index contributed by atoms with van der Waals surface area (Å²) in [5.41, 5.74) is -4.76. The summed E-state index contributed by atoms with van der Waals surface area (Å²) in [4.78, 5) is -1.74. The van der Waals surface area contributed by atoms with Gasteiger partial charge >= 0.3 is 12.4 Å². The first-order chi connectivity index (χ1) is 11.3. The highest BCUT2D eigenvalue weighted by atomic mass is 32.2. The molecule has 0 fully saturated rings. The first kappa shape index (κ1) is 17.7. The normalized spacial score (nSPS) is 14.4. The Balaban J connectivity index is 2.53. The summed E-state index contributed by atoms with van der Waals surface area (Å²) in [5, 5.41) is 0. The van der Waals surface area contributed by atoms with E-state index in [0.29, 0.717) is 11.6 Å². The zero-order valence-corrected chi connectivity index (χ0v) is 12.9. The molecule has 0 unspecified atom stereocenters. The second-order valence-corrected chi connectivity index (χ2v) is 6.82. The monoisotopic (exact) mass is 382 g/mol. The van der Waals surface area contributed by atoms with Crippen LogP contribution in [0.3, 0.4) is 0 Å². The quantitative estimate of drug-likeness (QED) is 0.497. The Bertz CT molecular complexity index is 974. The fourth-order valence-electron chi connectivity index (χ4n) is 3.03. The molecule has 0 bridgehead atoms. The SMILES string of the molecule is O=S(=O)(O)c1c2c(cc(C(F)(F)F)c1C(F)(F)F)-c1ccccc1C2. The van der Waals surface area contributed by atoms with Crippen molar-refractivity contribution in [2.45, 2.75) is 23.7 Å². The molecule has 0 atom stereocenters. The smallest absolute Gasteiger partial charge is 0.282 e. The highest BCUT2D eigenvalue weighted by molar-refractivity contribution is 7.86. The van der Waals surface area contributed by atoms with Gasteiger partial charge in [-0.1, -0.05) is 24.3 Å². The molecule has 3 nitrogen and oxygen atoms in total. The predicted octanol–water partition coefficient (Wildman–Crippen LogP) is 4.54. The minimum Gasteiger partial charge on any atom is -0.282 e. The van der Waals surface area contributed by atoms with E-state index >= 15 is 0 Å². The van der Waals surface area contributed by atoms with Crippen molar-refractivity contribution in [1.82, 2.24) is 0 Å². The van der Waals surface area contributed by atoms with E-state index in [1.165, 1.54) is 24.3 Å². The van der Waals surface area contributed by atoms with E-state index in [1.54, 1.807) is 0 Å². The molecule has 0 aromatic heterocycles. The van der Waals surface area contributed by atoms with Crippen LogP contribution in [0.5, 0.6) is 0 Å². The minimum absolute atomic E-state index is 0.196. The third-order valence-electron chi connectivity index (χ3n) is 3.91. The van der Waals surface area contributed by atoms with Crippen LogP contribution >= 0.6 is 0 Å². The Labute approximate surface area is 137 Å². The van der Waals surface area contributed by atoms with Crippen molar-refractivity contribution < 1.29 is 39.3 Å². The van der Waals surface area contributed by atoms with Gasteiger partial charge in [-0.25, -0.2) is 0 Å². The fourth-order valence-corrected chi connectivity index (χ4v) is 4.01. The number of alkyl halides is 6. The lowest BCUT2D eigenvalue weighted by molar-refractivity contribution is -0.163. The molecule has 1 N–H and O–H groups in total. The molecular weight excluding hydrogens is 374 g/mol. The zero-order chi connectivity index (χ0) is 18.8. The number of halogens is 6. The van der Waals surface area contributed by atoms with E-state index in [0.717, 1.165) is 0 Å². The molecule has 0 heterocycles. The second kappa shape index (κ2) is 5.21. The van der Waals surface area contributed by atoms with Crippen LogP contribution < -0.4 is 0 Å². The lowest BCUT2D eigenvalue weighted by atomic mass is 9.97. The molecule has 0 radical (unpaired) electrons. The molecule has 0 spiro atoms. The number of hydrogen-bond acceptors (Lipinski definition) is 2. The average Bonchev–Trinajstić information content (AvgIpc) is 2.80. The van der Waals surface area contributed by atoms with Crippen molar-refractivity contribution >= 4 is 10.1 Å². The van der Waals surface area contributed by atoms with Gasteiger partial charge in [0.2, 0.25) is 0 Å². The van der Waals surface area contributed by atoms with Gasteiger partial charge in [-0.3, -0.25) is 4.55 Å². The van der Waals surface area contributed by atoms with Gasteiger partial charge in [-0.2, -0.15) is 34.8 Å². The molecule has 0 aliphatic heterocycles. The molecule has 0 saturated carbocycles. The number of benzene rings is 2. The third kappa shape index (κ3) is 2.89. The summed E-state index contributed by atoms with van der Waals surface area (Å²) in [7, 11) is -5.56. The number of rotatable bonds is 1. The van der Waals surface area contributed by atoms with E-state index in [1.807, 2.05) is 0 Å². The molecular formula is C15H8F6O3S. The third-order valence-corrected chi connectivity index (χ3v) is 4.87. The Morgan fingerprint density at radius 2 is 1.52 bits per heavy atom. The maximum Gasteiger partial charge on any atom is 0.418 e. The predicted molar refractivity (Wildman–Crippen MR) is 74.5 cm³/mol.